The Morgan fingerprint density at radius 3 is 2.81 bits per heavy atom. The maximum atomic E-state index is 13.3. The fourth-order valence-corrected chi connectivity index (χ4v) is 5.25. The van der Waals surface area contributed by atoms with Crippen molar-refractivity contribution in [1.29, 1.82) is 0 Å². The predicted octanol–water partition coefficient (Wildman–Crippen LogP) is 1.50. The molecule has 2 aromatic heterocycles. The number of nitrogens with zero attached hydrogens (tertiary/aromatic N) is 4. The smallest absolute Gasteiger partial charge is 0.310 e. The van der Waals surface area contributed by atoms with Crippen LogP contribution in [0.25, 0.3) is 22.3 Å². The van der Waals surface area contributed by atoms with Gasteiger partial charge in [-0.3, -0.25) is 13.8 Å². The summed E-state index contributed by atoms with van der Waals surface area (Å²) in [6, 6.07) is 7.55. The van der Waals surface area contributed by atoms with E-state index in [9.17, 15) is 18.0 Å². The van der Waals surface area contributed by atoms with Crippen molar-refractivity contribution in [2.24, 2.45) is 5.10 Å². The van der Waals surface area contributed by atoms with E-state index in [1.54, 1.807) is 15.2 Å². The third-order valence-electron chi connectivity index (χ3n) is 6.10. The Bertz CT molecular complexity index is 1600. The van der Waals surface area contributed by atoms with Gasteiger partial charge in [0.15, 0.2) is 0 Å². The molecular weight excluding hydrogens is 506 g/mol. The number of fused-ring (bicyclic) bond motifs is 5. The number of hydrogen-bond donors (Lipinski definition) is 1. The number of carbonyl (C=O) groups is 1. The number of benzene rings is 1. The second-order valence-corrected chi connectivity index (χ2v) is 10.8. The molecule has 0 aliphatic carbocycles. The Kier molecular flexibility index (Phi) is 6.22. The normalized spacial score (nSPS) is 14.6. The summed E-state index contributed by atoms with van der Waals surface area (Å²) in [5.74, 6) is -0.423. The van der Waals surface area contributed by atoms with Gasteiger partial charge in [0.25, 0.3) is 15.7 Å². The van der Waals surface area contributed by atoms with Gasteiger partial charge >= 0.3 is 5.97 Å². The summed E-state index contributed by atoms with van der Waals surface area (Å²) in [4.78, 5) is 30.1. The Labute approximate surface area is 211 Å². The van der Waals surface area contributed by atoms with E-state index in [1.807, 2.05) is 30.5 Å². The summed E-state index contributed by atoms with van der Waals surface area (Å²) in [6.07, 6.45) is 4.44. The minimum atomic E-state index is -3.55. The van der Waals surface area contributed by atoms with Crippen LogP contribution in [0.2, 0.25) is 0 Å². The van der Waals surface area contributed by atoms with Crippen molar-refractivity contribution in [3.63, 3.8) is 0 Å². The first-order valence-corrected chi connectivity index (χ1v) is 14.0. The van der Waals surface area contributed by atoms with Crippen LogP contribution in [0.1, 0.15) is 22.3 Å². The number of aromatic nitrogens is 2. The summed E-state index contributed by atoms with van der Waals surface area (Å²) >= 11 is 1.31. The molecule has 2 aliphatic heterocycles. The number of rotatable bonds is 7. The molecule has 188 valence electrons. The Hall–Kier alpha value is -3.42. The van der Waals surface area contributed by atoms with E-state index in [2.05, 4.69) is 5.10 Å². The van der Waals surface area contributed by atoms with Gasteiger partial charge in [0.2, 0.25) is 0 Å². The first kappa shape index (κ1) is 24.3. The maximum Gasteiger partial charge on any atom is 0.310 e. The number of hydrazone groups is 1. The van der Waals surface area contributed by atoms with Gasteiger partial charge < -0.3 is 15.0 Å². The fraction of sp³-hybridized carbons (Fsp3) is 0.304. The highest BCUT2D eigenvalue weighted by Crippen LogP contribution is 2.40. The van der Waals surface area contributed by atoms with Gasteiger partial charge in [-0.2, -0.15) is 13.5 Å². The van der Waals surface area contributed by atoms with Crippen molar-refractivity contribution in [2.45, 2.75) is 19.6 Å². The standard InChI is InChI=1S/C23H23N5O6S2/c1-35-28(7-8-34-36(2,31)32)25-10-15-13-5-3-4-6-18(13)26-21-16(15)11-27-22(21)20(24)14-9-19(29)33-12-17(14)23(27)30/h3-6,10H,7-9,11-12,24H2,1-2H3/b25-10+. The van der Waals surface area contributed by atoms with Crippen LogP contribution in [0, 0.1) is 0 Å². The molecular formula is C23H23N5O6S2. The fourth-order valence-electron chi connectivity index (χ4n) is 4.47. The Balaban J connectivity index is 1.61. The zero-order valence-electron chi connectivity index (χ0n) is 19.6. The zero-order chi connectivity index (χ0) is 25.6. The molecule has 13 heteroatoms. The molecule has 2 N–H and O–H groups in total. The van der Waals surface area contributed by atoms with E-state index in [1.165, 1.54) is 11.9 Å². The molecule has 3 aromatic rings. The van der Waals surface area contributed by atoms with Crippen LogP contribution in [0.3, 0.4) is 0 Å². The number of carbonyl (C=O) groups excluding carboxylic acids is 1. The number of anilines is 1. The molecule has 0 saturated heterocycles. The summed E-state index contributed by atoms with van der Waals surface area (Å²) < 4.78 is 35.7. The van der Waals surface area contributed by atoms with Crippen LogP contribution < -0.4 is 11.3 Å². The third-order valence-corrected chi connectivity index (χ3v) is 7.39. The number of para-hydroxylation sites is 1. The lowest BCUT2D eigenvalue weighted by Crippen LogP contribution is -2.31. The molecule has 0 spiro atoms. The minimum Gasteiger partial charge on any atom is -0.460 e. The van der Waals surface area contributed by atoms with Crippen LogP contribution in [0.15, 0.2) is 34.2 Å². The molecule has 0 atom stereocenters. The first-order valence-electron chi connectivity index (χ1n) is 11.0. The average molecular weight is 530 g/mol. The van der Waals surface area contributed by atoms with Gasteiger partial charge in [-0.25, -0.2) is 9.40 Å². The highest BCUT2D eigenvalue weighted by atomic mass is 32.2. The first-order chi connectivity index (χ1) is 17.2. The highest BCUT2D eigenvalue weighted by molar-refractivity contribution is 7.96. The zero-order valence-corrected chi connectivity index (χ0v) is 21.2. The maximum absolute atomic E-state index is 13.3. The molecule has 0 saturated carbocycles. The number of ether oxygens (including phenoxy) is 1. The van der Waals surface area contributed by atoms with Crippen molar-refractivity contribution in [2.75, 3.05) is 31.4 Å². The van der Waals surface area contributed by atoms with Gasteiger partial charge in [-0.05, 0) is 18.0 Å². The minimum absolute atomic E-state index is 0.0457. The van der Waals surface area contributed by atoms with Crippen molar-refractivity contribution in [3.05, 3.63) is 56.9 Å². The molecule has 0 radical (unpaired) electrons. The van der Waals surface area contributed by atoms with Crippen LogP contribution in [0.5, 0.6) is 0 Å². The number of hydrogen-bond acceptors (Lipinski definition) is 11. The number of nitrogen functional groups attached to an aromatic ring is 1. The monoisotopic (exact) mass is 529 g/mol. The number of esters is 1. The molecule has 11 nitrogen and oxygen atoms in total. The van der Waals surface area contributed by atoms with Gasteiger partial charge in [0.1, 0.15) is 6.61 Å². The van der Waals surface area contributed by atoms with Gasteiger partial charge in [-0.1, -0.05) is 18.2 Å². The summed E-state index contributed by atoms with van der Waals surface area (Å²) in [6.45, 7) is 0.333. The molecule has 0 fully saturated rings. The van der Waals surface area contributed by atoms with Crippen molar-refractivity contribution >= 4 is 50.8 Å². The van der Waals surface area contributed by atoms with E-state index in [4.69, 9.17) is 19.6 Å². The molecule has 5 rings (SSSR count). The van der Waals surface area contributed by atoms with Crippen molar-refractivity contribution < 1.29 is 22.1 Å². The number of cyclic esters (lactones) is 1. The molecule has 36 heavy (non-hydrogen) atoms. The van der Waals surface area contributed by atoms with E-state index in [-0.39, 0.29) is 38.3 Å². The Morgan fingerprint density at radius 2 is 2.06 bits per heavy atom. The van der Waals surface area contributed by atoms with Gasteiger partial charge in [0.05, 0.1) is 66.7 Å². The lowest BCUT2D eigenvalue weighted by molar-refractivity contribution is -0.145. The lowest BCUT2D eigenvalue weighted by Gasteiger charge is -2.20. The van der Waals surface area contributed by atoms with E-state index >= 15 is 0 Å². The third kappa shape index (κ3) is 4.33. The molecule has 0 bridgehead atoms. The lowest BCUT2D eigenvalue weighted by atomic mass is 9.98. The van der Waals surface area contributed by atoms with E-state index in [0.717, 1.165) is 22.8 Å². The second-order valence-electron chi connectivity index (χ2n) is 8.35. The quantitative estimate of drug-likeness (QED) is 0.123. The van der Waals surface area contributed by atoms with E-state index < -0.39 is 16.1 Å². The number of nitrogens with two attached hydrogens (primary N) is 1. The summed E-state index contributed by atoms with van der Waals surface area (Å²) in [5.41, 5.74) is 10.8. The van der Waals surface area contributed by atoms with Crippen LogP contribution in [-0.2, 0) is 43.4 Å². The summed E-state index contributed by atoms with van der Waals surface area (Å²) in [5, 5.41) is 5.38. The average Bonchev–Trinajstić information content (AvgIpc) is 3.22. The van der Waals surface area contributed by atoms with E-state index in [0.29, 0.717) is 33.7 Å². The van der Waals surface area contributed by atoms with Gasteiger partial charge in [-0.15, -0.1) is 0 Å². The molecule has 4 heterocycles. The summed E-state index contributed by atoms with van der Waals surface area (Å²) in [7, 11) is -3.55. The largest absolute Gasteiger partial charge is 0.460 e. The molecule has 0 amide bonds. The van der Waals surface area contributed by atoms with Crippen molar-refractivity contribution in [1.82, 2.24) is 14.0 Å². The number of pyridine rings is 2. The topological polar surface area (TPSA) is 146 Å². The Morgan fingerprint density at radius 1 is 1.28 bits per heavy atom. The SMILES string of the molecule is CSN(CCOS(C)(=O)=O)/N=C/c1c2c(nc3ccccc13)-c1c(N)c3c(c(=O)n1C2)COC(=O)C3. The van der Waals surface area contributed by atoms with Crippen LogP contribution >= 0.6 is 11.9 Å². The van der Waals surface area contributed by atoms with Crippen molar-refractivity contribution in [3.8, 4) is 11.4 Å². The van der Waals surface area contributed by atoms with Gasteiger partial charge in [0, 0.05) is 28.3 Å². The predicted molar refractivity (Wildman–Crippen MR) is 137 cm³/mol. The molecule has 1 aromatic carbocycles. The molecule has 0 unspecified atom stereocenters. The van der Waals surface area contributed by atoms with Crippen LogP contribution in [0.4, 0.5) is 5.69 Å². The van der Waals surface area contributed by atoms with Crippen LogP contribution in [-0.4, -0.2) is 60.2 Å². The second kappa shape index (κ2) is 9.22. The molecule has 2 aliphatic rings. The highest BCUT2D eigenvalue weighted by Gasteiger charge is 2.33.